The minimum Gasteiger partial charge on any atom is -0.305 e. The zero-order valence-corrected chi connectivity index (χ0v) is 8.16. The summed E-state index contributed by atoms with van der Waals surface area (Å²) in [5.41, 5.74) is 1.97. The van der Waals surface area contributed by atoms with Gasteiger partial charge in [0, 0.05) is 18.0 Å². The van der Waals surface area contributed by atoms with Crippen LogP contribution in [0.3, 0.4) is 0 Å². The van der Waals surface area contributed by atoms with Crippen molar-refractivity contribution in [1.82, 2.24) is 24.8 Å². The summed E-state index contributed by atoms with van der Waals surface area (Å²) in [5, 5.41) is 8.14. The Morgan fingerprint density at radius 1 is 1.19 bits per heavy atom. The van der Waals surface area contributed by atoms with Gasteiger partial charge in [-0.1, -0.05) is 0 Å². The topological polar surface area (TPSA) is 75.9 Å². The van der Waals surface area contributed by atoms with Crippen LogP contribution in [0.25, 0.3) is 16.8 Å². The summed E-state index contributed by atoms with van der Waals surface area (Å²) in [5.74, 6) is 0. The number of fused-ring (bicyclic) bond motifs is 1. The summed E-state index contributed by atoms with van der Waals surface area (Å²) in [6.07, 6.45) is 4.78. The molecule has 78 valence electrons. The van der Waals surface area contributed by atoms with E-state index in [0.717, 1.165) is 11.1 Å². The van der Waals surface area contributed by atoms with Gasteiger partial charge in [-0.15, -0.1) is 0 Å². The van der Waals surface area contributed by atoms with Gasteiger partial charge in [-0.3, -0.25) is 0 Å². The third kappa shape index (κ3) is 1.28. The molecule has 0 amide bonds. The van der Waals surface area contributed by atoms with Crippen LogP contribution in [0.4, 0.5) is 0 Å². The molecule has 0 bridgehead atoms. The molecule has 1 N–H and O–H groups in total. The van der Waals surface area contributed by atoms with Crippen molar-refractivity contribution in [3.8, 4) is 11.3 Å². The SMILES string of the molecule is O=c1nccc(-c2cnn3ncccc23)[nH]1. The van der Waals surface area contributed by atoms with Crippen molar-refractivity contribution >= 4 is 5.52 Å². The molecule has 3 aromatic rings. The summed E-state index contributed by atoms with van der Waals surface area (Å²) in [7, 11) is 0. The molecular weight excluding hydrogens is 206 g/mol. The standard InChI is InChI=1S/C10H7N5O/c16-10-11-5-3-8(14-10)7-6-13-15-9(7)2-1-4-12-15/h1-6H,(H,11,14,16). The Morgan fingerprint density at radius 3 is 3.00 bits per heavy atom. The predicted molar refractivity (Wildman–Crippen MR) is 56.8 cm³/mol. The van der Waals surface area contributed by atoms with E-state index in [9.17, 15) is 4.79 Å². The zero-order chi connectivity index (χ0) is 11.0. The van der Waals surface area contributed by atoms with Crippen molar-refractivity contribution in [2.24, 2.45) is 0 Å². The lowest BCUT2D eigenvalue weighted by atomic mass is 10.2. The fourth-order valence-electron chi connectivity index (χ4n) is 1.57. The predicted octanol–water partition coefficient (Wildman–Crippen LogP) is 0.480. The first-order valence-corrected chi connectivity index (χ1v) is 4.69. The Bertz CT molecular complexity index is 699. The molecule has 6 nitrogen and oxygen atoms in total. The Kier molecular flexibility index (Phi) is 1.79. The van der Waals surface area contributed by atoms with Crippen LogP contribution < -0.4 is 5.69 Å². The van der Waals surface area contributed by atoms with Crippen LogP contribution in [-0.2, 0) is 0 Å². The van der Waals surface area contributed by atoms with Crippen LogP contribution in [-0.4, -0.2) is 24.8 Å². The van der Waals surface area contributed by atoms with E-state index in [1.54, 1.807) is 18.5 Å². The first-order valence-electron chi connectivity index (χ1n) is 4.69. The molecule has 0 atom stereocenters. The molecule has 0 aliphatic heterocycles. The minimum absolute atomic E-state index is 0.374. The van der Waals surface area contributed by atoms with Gasteiger partial charge in [-0.05, 0) is 18.2 Å². The minimum atomic E-state index is -0.374. The number of H-pyrrole nitrogens is 1. The van der Waals surface area contributed by atoms with Crippen molar-refractivity contribution in [2.75, 3.05) is 0 Å². The number of rotatable bonds is 1. The van der Waals surface area contributed by atoms with Gasteiger partial charge in [0.25, 0.3) is 0 Å². The van der Waals surface area contributed by atoms with E-state index in [1.165, 1.54) is 10.8 Å². The van der Waals surface area contributed by atoms with Crippen LogP contribution in [0.2, 0.25) is 0 Å². The molecule has 0 saturated carbocycles. The van der Waals surface area contributed by atoms with E-state index < -0.39 is 0 Å². The molecule has 16 heavy (non-hydrogen) atoms. The Morgan fingerprint density at radius 2 is 2.12 bits per heavy atom. The van der Waals surface area contributed by atoms with Gasteiger partial charge < -0.3 is 4.98 Å². The van der Waals surface area contributed by atoms with Crippen molar-refractivity contribution in [1.29, 1.82) is 0 Å². The van der Waals surface area contributed by atoms with E-state index in [-0.39, 0.29) is 5.69 Å². The third-order valence-corrected chi connectivity index (χ3v) is 2.27. The van der Waals surface area contributed by atoms with Gasteiger partial charge in [0.1, 0.15) is 0 Å². The molecule has 3 aromatic heterocycles. The fraction of sp³-hybridized carbons (Fsp3) is 0. The second kappa shape index (κ2) is 3.27. The largest absolute Gasteiger partial charge is 0.345 e. The Hall–Kier alpha value is -2.50. The highest BCUT2D eigenvalue weighted by Crippen LogP contribution is 2.19. The van der Waals surface area contributed by atoms with Crippen molar-refractivity contribution in [2.45, 2.75) is 0 Å². The normalized spacial score (nSPS) is 10.8. The van der Waals surface area contributed by atoms with Crippen molar-refractivity contribution < 1.29 is 0 Å². The van der Waals surface area contributed by atoms with E-state index in [4.69, 9.17) is 0 Å². The molecule has 0 radical (unpaired) electrons. The lowest BCUT2D eigenvalue weighted by Crippen LogP contribution is -2.09. The number of aromatic nitrogens is 5. The lowest BCUT2D eigenvalue weighted by molar-refractivity contribution is 0.800. The second-order valence-corrected chi connectivity index (χ2v) is 3.25. The van der Waals surface area contributed by atoms with E-state index in [1.807, 2.05) is 12.1 Å². The van der Waals surface area contributed by atoms with Crippen LogP contribution in [0.1, 0.15) is 0 Å². The van der Waals surface area contributed by atoms with E-state index in [2.05, 4.69) is 20.2 Å². The number of hydrogen-bond acceptors (Lipinski definition) is 4. The van der Waals surface area contributed by atoms with Gasteiger partial charge in [0.2, 0.25) is 0 Å². The molecule has 0 unspecified atom stereocenters. The second-order valence-electron chi connectivity index (χ2n) is 3.25. The third-order valence-electron chi connectivity index (χ3n) is 2.27. The zero-order valence-electron chi connectivity index (χ0n) is 8.16. The first-order chi connectivity index (χ1) is 7.84. The number of nitrogens with zero attached hydrogens (tertiary/aromatic N) is 4. The van der Waals surface area contributed by atoms with Gasteiger partial charge in [-0.25, -0.2) is 9.78 Å². The highest BCUT2D eigenvalue weighted by atomic mass is 16.1. The molecule has 0 aliphatic carbocycles. The summed E-state index contributed by atoms with van der Waals surface area (Å²) < 4.78 is 1.51. The summed E-state index contributed by atoms with van der Waals surface area (Å²) in [6, 6.07) is 5.43. The molecule has 0 spiro atoms. The molecule has 6 heteroatoms. The molecule has 3 heterocycles. The first kappa shape index (κ1) is 8.78. The Balaban J connectivity index is 2.30. The van der Waals surface area contributed by atoms with E-state index in [0.29, 0.717) is 5.69 Å². The highest BCUT2D eigenvalue weighted by Gasteiger charge is 2.06. The van der Waals surface area contributed by atoms with Crippen molar-refractivity contribution in [3.05, 3.63) is 47.3 Å². The molecule has 0 saturated heterocycles. The van der Waals surface area contributed by atoms with Gasteiger partial charge >= 0.3 is 5.69 Å². The molecule has 3 rings (SSSR count). The van der Waals surface area contributed by atoms with E-state index >= 15 is 0 Å². The number of hydrogen-bond donors (Lipinski definition) is 1. The maximum Gasteiger partial charge on any atom is 0.345 e. The fourth-order valence-corrected chi connectivity index (χ4v) is 1.57. The molecule has 0 aromatic carbocycles. The molecule has 0 aliphatic rings. The molecule has 0 fully saturated rings. The maximum atomic E-state index is 11.1. The lowest BCUT2D eigenvalue weighted by Gasteiger charge is -1.96. The summed E-state index contributed by atoms with van der Waals surface area (Å²) in [4.78, 5) is 17.3. The average Bonchev–Trinajstić information content (AvgIpc) is 2.72. The van der Waals surface area contributed by atoms with Gasteiger partial charge in [0.15, 0.2) is 0 Å². The van der Waals surface area contributed by atoms with Crippen LogP contribution in [0, 0.1) is 0 Å². The highest BCUT2D eigenvalue weighted by molar-refractivity contribution is 5.76. The van der Waals surface area contributed by atoms with Gasteiger partial charge in [0.05, 0.1) is 17.4 Å². The molecular formula is C10H7N5O. The summed E-state index contributed by atoms with van der Waals surface area (Å²) >= 11 is 0. The van der Waals surface area contributed by atoms with Crippen LogP contribution in [0.15, 0.2) is 41.6 Å². The smallest absolute Gasteiger partial charge is 0.305 e. The number of nitrogens with one attached hydrogen (secondary N) is 1. The monoisotopic (exact) mass is 213 g/mol. The van der Waals surface area contributed by atoms with Crippen molar-refractivity contribution in [3.63, 3.8) is 0 Å². The number of aromatic amines is 1. The Labute approximate surface area is 89.6 Å². The average molecular weight is 213 g/mol. The van der Waals surface area contributed by atoms with Crippen LogP contribution in [0.5, 0.6) is 0 Å². The maximum absolute atomic E-state index is 11.1. The van der Waals surface area contributed by atoms with Crippen LogP contribution >= 0.6 is 0 Å². The quantitative estimate of drug-likeness (QED) is 0.637. The summed E-state index contributed by atoms with van der Waals surface area (Å²) in [6.45, 7) is 0. The van der Waals surface area contributed by atoms with Gasteiger partial charge in [-0.2, -0.15) is 14.8 Å².